The maximum atomic E-state index is 14.6. The van der Waals surface area contributed by atoms with Gasteiger partial charge in [-0.25, -0.2) is 22.4 Å². The van der Waals surface area contributed by atoms with E-state index in [0.717, 1.165) is 6.07 Å². The van der Waals surface area contributed by atoms with E-state index < -0.39 is 46.6 Å². The Kier molecular flexibility index (Phi) is 6.02. The van der Waals surface area contributed by atoms with Crippen molar-refractivity contribution in [3.8, 4) is 0 Å². The maximum absolute atomic E-state index is 14.6. The molecule has 0 spiro atoms. The molecule has 1 aromatic carbocycles. The first-order valence-electron chi connectivity index (χ1n) is 9.02. The molecule has 2 aliphatic rings. The first kappa shape index (κ1) is 20.7. The molecule has 1 aliphatic carbocycles. The van der Waals surface area contributed by atoms with Gasteiger partial charge in [0.05, 0.1) is 6.04 Å². The summed E-state index contributed by atoms with van der Waals surface area (Å²) in [5.41, 5.74) is -0.0191. The molecule has 1 saturated heterocycles. The molecule has 1 saturated carbocycles. The summed E-state index contributed by atoms with van der Waals surface area (Å²) in [6.45, 7) is 0.0691. The molecule has 1 heterocycles. The molecule has 0 bridgehead atoms. The lowest BCUT2D eigenvalue weighted by Crippen LogP contribution is -2.45. The predicted molar refractivity (Wildman–Crippen MR) is 94.1 cm³/mol. The number of nitrogens with one attached hydrogen (secondary N) is 3. The summed E-state index contributed by atoms with van der Waals surface area (Å²) in [4.78, 5) is 23.7. The van der Waals surface area contributed by atoms with E-state index in [1.807, 2.05) is 0 Å². The number of carbonyl (C=O) groups excluding carboxylic acids is 2. The van der Waals surface area contributed by atoms with Crippen LogP contribution in [0.5, 0.6) is 0 Å². The fourth-order valence-electron chi connectivity index (χ4n) is 3.63. The van der Waals surface area contributed by atoms with Gasteiger partial charge in [0.25, 0.3) is 0 Å². The van der Waals surface area contributed by atoms with Crippen LogP contribution >= 0.6 is 11.6 Å². The molecular weight excluding hydrogens is 402 g/mol. The van der Waals surface area contributed by atoms with E-state index in [2.05, 4.69) is 16.0 Å². The van der Waals surface area contributed by atoms with Gasteiger partial charge in [0.15, 0.2) is 0 Å². The predicted octanol–water partition coefficient (Wildman–Crippen LogP) is 3.67. The Hall–Kier alpha value is -2.03. The highest BCUT2D eigenvalue weighted by Crippen LogP contribution is 2.40. The van der Waals surface area contributed by atoms with Gasteiger partial charge in [0, 0.05) is 24.9 Å². The summed E-state index contributed by atoms with van der Waals surface area (Å²) < 4.78 is 54.9. The van der Waals surface area contributed by atoms with Gasteiger partial charge < -0.3 is 16.0 Å². The third kappa shape index (κ3) is 4.68. The van der Waals surface area contributed by atoms with Crippen molar-refractivity contribution in [1.29, 1.82) is 0 Å². The van der Waals surface area contributed by atoms with Crippen molar-refractivity contribution in [3.63, 3.8) is 0 Å². The molecule has 0 radical (unpaired) electrons. The molecule has 154 valence electrons. The molecule has 2 atom stereocenters. The van der Waals surface area contributed by atoms with Crippen LogP contribution in [0.15, 0.2) is 12.1 Å². The normalized spacial score (nSPS) is 23.0. The zero-order valence-electron chi connectivity index (χ0n) is 14.8. The Morgan fingerprint density at radius 1 is 1.29 bits per heavy atom. The zero-order valence-corrected chi connectivity index (χ0v) is 15.6. The van der Waals surface area contributed by atoms with Crippen LogP contribution in [0, 0.1) is 17.6 Å². The largest absolute Gasteiger partial charge is 0.347 e. The third-order valence-corrected chi connectivity index (χ3v) is 5.60. The van der Waals surface area contributed by atoms with Crippen molar-refractivity contribution >= 4 is 23.5 Å². The number of urea groups is 1. The summed E-state index contributed by atoms with van der Waals surface area (Å²) in [6, 6.07) is -0.0511. The first-order chi connectivity index (χ1) is 13.2. The fourth-order valence-corrected chi connectivity index (χ4v) is 3.80. The first-order valence-corrected chi connectivity index (χ1v) is 9.40. The molecule has 2 fully saturated rings. The van der Waals surface area contributed by atoms with Crippen LogP contribution in [0.2, 0.25) is 5.02 Å². The van der Waals surface area contributed by atoms with Gasteiger partial charge in [0.1, 0.15) is 22.7 Å². The van der Waals surface area contributed by atoms with Gasteiger partial charge in [-0.2, -0.15) is 0 Å². The van der Waals surface area contributed by atoms with Crippen LogP contribution in [0.1, 0.15) is 43.7 Å². The van der Waals surface area contributed by atoms with Crippen LogP contribution in [-0.4, -0.2) is 30.4 Å². The lowest BCUT2D eigenvalue weighted by atomic mass is 9.81. The van der Waals surface area contributed by atoms with Crippen molar-refractivity contribution in [2.75, 3.05) is 6.54 Å². The fraction of sp³-hybridized carbons (Fsp3) is 0.556. The summed E-state index contributed by atoms with van der Waals surface area (Å²) in [5.74, 6) is -5.35. The monoisotopic (exact) mass is 421 g/mol. The quantitative estimate of drug-likeness (QED) is 0.501. The van der Waals surface area contributed by atoms with Crippen LogP contribution in [0.25, 0.3) is 0 Å². The van der Waals surface area contributed by atoms with Gasteiger partial charge in [-0.15, -0.1) is 0 Å². The van der Waals surface area contributed by atoms with Crippen molar-refractivity contribution in [3.05, 3.63) is 34.4 Å². The van der Waals surface area contributed by atoms with E-state index >= 15 is 0 Å². The second-order valence-electron chi connectivity index (χ2n) is 7.27. The Labute approximate surface area is 164 Å². The maximum Gasteiger partial charge on any atom is 0.315 e. The molecule has 0 unspecified atom stereocenters. The van der Waals surface area contributed by atoms with E-state index in [1.54, 1.807) is 0 Å². The van der Waals surface area contributed by atoms with Crippen molar-refractivity contribution < 1.29 is 27.2 Å². The summed E-state index contributed by atoms with van der Waals surface area (Å²) in [5, 5.41) is 6.82. The summed E-state index contributed by atoms with van der Waals surface area (Å²) in [6.07, 6.45) is 0.130. The number of benzene rings is 1. The lowest BCUT2D eigenvalue weighted by molar-refractivity contribution is -0.123. The minimum absolute atomic E-state index is 0.0191. The molecule has 10 heteroatoms. The Morgan fingerprint density at radius 3 is 2.57 bits per heavy atom. The number of hydrogen-bond acceptors (Lipinski definition) is 2. The number of hydrogen-bond donors (Lipinski definition) is 3. The molecule has 3 N–H and O–H groups in total. The van der Waals surface area contributed by atoms with Gasteiger partial charge in [-0.3, -0.25) is 4.79 Å². The minimum atomic E-state index is -2.71. The zero-order chi connectivity index (χ0) is 20.5. The standard InChI is InChI=1S/C18H20ClF4N3O2/c19-14-11(20)2-1-10(15(14)21)12(7-9-3-5-18(22,23)6-4-9)25-16(27)13-8-24-17(28)26-13/h1-2,9,12-13H,3-8H2,(H,25,27)(H2,24,26,28)/t12-,13-/m0/s1. The van der Waals surface area contributed by atoms with E-state index in [4.69, 9.17) is 11.6 Å². The Balaban J connectivity index is 1.79. The molecule has 3 amide bonds. The highest BCUT2D eigenvalue weighted by molar-refractivity contribution is 6.31. The second kappa shape index (κ2) is 8.14. The summed E-state index contributed by atoms with van der Waals surface area (Å²) in [7, 11) is 0. The third-order valence-electron chi connectivity index (χ3n) is 5.25. The number of halogens is 5. The molecule has 1 aliphatic heterocycles. The van der Waals surface area contributed by atoms with Gasteiger partial charge >= 0.3 is 6.03 Å². The van der Waals surface area contributed by atoms with Crippen LogP contribution < -0.4 is 16.0 Å². The van der Waals surface area contributed by atoms with E-state index in [1.165, 1.54) is 6.07 Å². The second-order valence-corrected chi connectivity index (χ2v) is 7.65. The molecular formula is C18H20ClF4N3O2. The Bertz CT molecular complexity index is 767. The van der Waals surface area contributed by atoms with Crippen molar-refractivity contribution in [2.24, 2.45) is 5.92 Å². The molecule has 28 heavy (non-hydrogen) atoms. The van der Waals surface area contributed by atoms with Crippen molar-refractivity contribution in [2.45, 2.75) is 50.1 Å². The highest BCUT2D eigenvalue weighted by Gasteiger charge is 2.37. The average Bonchev–Trinajstić information content (AvgIpc) is 3.07. The van der Waals surface area contributed by atoms with Gasteiger partial charge in [-0.1, -0.05) is 17.7 Å². The van der Waals surface area contributed by atoms with Gasteiger partial charge in [0.2, 0.25) is 11.8 Å². The molecule has 1 aromatic rings. The number of rotatable bonds is 5. The number of carbonyl (C=O) groups is 2. The smallest absolute Gasteiger partial charge is 0.315 e. The lowest BCUT2D eigenvalue weighted by Gasteiger charge is -2.31. The van der Waals surface area contributed by atoms with Crippen LogP contribution in [0.4, 0.5) is 22.4 Å². The van der Waals surface area contributed by atoms with Crippen molar-refractivity contribution in [1.82, 2.24) is 16.0 Å². The average molecular weight is 422 g/mol. The molecule has 5 nitrogen and oxygen atoms in total. The highest BCUT2D eigenvalue weighted by atomic mass is 35.5. The van der Waals surface area contributed by atoms with Gasteiger partial charge in [-0.05, 0) is 31.2 Å². The minimum Gasteiger partial charge on any atom is -0.347 e. The summed E-state index contributed by atoms with van der Waals surface area (Å²) >= 11 is 5.66. The van der Waals surface area contributed by atoms with E-state index in [0.29, 0.717) is 0 Å². The topological polar surface area (TPSA) is 70.2 Å². The number of alkyl halides is 2. The number of amides is 3. The Morgan fingerprint density at radius 2 is 1.96 bits per heavy atom. The van der Waals surface area contributed by atoms with Crippen LogP contribution in [-0.2, 0) is 4.79 Å². The molecule has 3 rings (SSSR count). The van der Waals surface area contributed by atoms with E-state index in [-0.39, 0.29) is 50.1 Å². The molecule has 0 aromatic heterocycles. The van der Waals surface area contributed by atoms with E-state index in [9.17, 15) is 27.2 Å². The SMILES string of the molecule is O=C1NC[C@@H](C(=O)N[C@@H](CC2CCC(F)(F)CC2)c2ccc(F)c(Cl)c2F)N1. The van der Waals surface area contributed by atoms with Crippen LogP contribution in [0.3, 0.4) is 0 Å².